The molecule has 1 aliphatic carbocycles. The lowest BCUT2D eigenvalue weighted by Gasteiger charge is -2.30. The highest BCUT2D eigenvalue weighted by molar-refractivity contribution is 6.20. The van der Waals surface area contributed by atoms with Gasteiger partial charge >= 0.3 is 5.97 Å². The number of unbranched alkanes of at least 4 members (excludes halogenated alkanes) is 3. The third kappa shape index (κ3) is 5.64. The topological polar surface area (TPSA) is 50.1 Å². The average molecular weight is 424 g/mol. The van der Waals surface area contributed by atoms with E-state index in [1.54, 1.807) is 12.1 Å². The number of alkyl halides is 1. The fourth-order valence-corrected chi connectivity index (χ4v) is 4.50. The molecule has 4 heteroatoms. The molecule has 0 spiro atoms. The van der Waals surface area contributed by atoms with Gasteiger partial charge in [0.05, 0.1) is 6.07 Å². The molecular weight excluding hydrogens is 394 g/mol. The van der Waals surface area contributed by atoms with Crippen molar-refractivity contribution in [3.63, 3.8) is 0 Å². The highest BCUT2D eigenvalue weighted by atomic mass is 35.5. The normalized spacial score (nSPS) is 21.0. The Balaban J connectivity index is 1.61. The van der Waals surface area contributed by atoms with E-state index < -0.39 is 11.4 Å². The fourth-order valence-electron chi connectivity index (χ4n) is 4.08. The minimum absolute atomic E-state index is 0.150. The molecule has 0 saturated heterocycles. The largest absolute Gasteiger partial charge is 0.425 e. The third-order valence-electron chi connectivity index (χ3n) is 5.97. The van der Waals surface area contributed by atoms with Crippen LogP contribution in [0.4, 0.5) is 0 Å². The van der Waals surface area contributed by atoms with Crippen molar-refractivity contribution in [1.82, 2.24) is 0 Å². The van der Waals surface area contributed by atoms with Gasteiger partial charge in [-0.25, -0.2) is 4.79 Å². The van der Waals surface area contributed by atoms with E-state index in [1.807, 2.05) is 12.1 Å². The summed E-state index contributed by atoms with van der Waals surface area (Å²) in [5.41, 5.74) is 2.44. The van der Waals surface area contributed by atoms with E-state index in [1.165, 1.54) is 31.2 Å². The Bertz CT molecular complexity index is 869. The van der Waals surface area contributed by atoms with E-state index in [4.69, 9.17) is 16.3 Å². The van der Waals surface area contributed by atoms with Crippen LogP contribution in [0.25, 0.3) is 11.1 Å². The second kappa shape index (κ2) is 10.6. The summed E-state index contributed by atoms with van der Waals surface area (Å²) in [6.07, 6.45) is 8.68. The lowest BCUT2D eigenvalue weighted by atomic mass is 9.75. The minimum atomic E-state index is -1.13. The zero-order chi connectivity index (χ0) is 21.4. The number of benzene rings is 2. The molecule has 0 bridgehead atoms. The SMILES string of the molecule is CCCCCCc1ccc(-c2ccc(OC(=O)C3(C#N)CCCC(Cl)C3)cc2)cc1. The second-order valence-electron chi connectivity index (χ2n) is 8.31. The number of halogens is 1. The maximum Gasteiger partial charge on any atom is 0.331 e. The number of nitrogens with zero attached hydrogens (tertiary/aromatic N) is 1. The average Bonchev–Trinajstić information content (AvgIpc) is 2.77. The van der Waals surface area contributed by atoms with Gasteiger partial charge in [-0.15, -0.1) is 11.6 Å². The molecule has 0 radical (unpaired) electrons. The first kappa shape index (κ1) is 22.4. The molecule has 158 valence electrons. The van der Waals surface area contributed by atoms with Crippen molar-refractivity contribution >= 4 is 17.6 Å². The summed E-state index contributed by atoms with van der Waals surface area (Å²) in [5, 5.41) is 9.44. The van der Waals surface area contributed by atoms with Crippen molar-refractivity contribution in [2.45, 2.75) is 70.1 Å². The Labute approximate surface area is 185 Å². The van der Waals surface area contributed by atoms with Crippen LogP contribution < -0.4 is 4.74 Å². The molecule has 0 N–H and O–H groups in total. The van der Waals surface area contributed by atoms with E-state index in [0.29, 0.717) is 18.6 Å². The molecular formula is C26H30ClNO2. The van der Waals surface area contributed by atoms with E-state index >= 15 is 0 Å². The molecule has 2 atom stereocenters. The van der Waals surface area contributed by atoms with Gasteiger partial charge < -0.3 is 4.74 Å². The van der Waals surface area contributed by atoms with Crippen molar-refractivity contribution in [2.75, 3.05) is 0 Å². The van der Waals surface area contributed by atoms with Crippen molar-refractivity contribution in [1.29, 1.82) is 5.26 Å². The predicted molar refractivity (Wildman–Crippen MR) is 122 cm³/mol. The Kier molecular flexibility index (Phi) is 7.94. The Morgan fingerprint density at radius 3 is 2.37 bits per heavy atom. The van der Waals surface area contributed by atoms with Crippen LogP contribution in [0.15, 0.2) is 48.5 Å². The van der Waals surface area contributed by atoms with Crippen molar-refractivity contribution in [3.8, 4) is 22.9 Å². The Morgan fingerprint density at radius 1 is 1.10 bits per heavy atom. The maximum absolute atomic E-state index is 12.7. The van der Waals surface area contributed by atoms with Gasteiger partial charge in [0.15, 0.2) is 5.41 Å². The number of esters is 1. The lowest BCUT2D eigenvalue weighted by Crippen LogP contribution is -2.38. The predicted octanol–water partition coefficient (Wildman–Crippen LogP) is 7.07. The van der Waals surface area contributed by atoms with Crippen LogP contribution in [-0.2, 0) is 11.2 Å². The quantitative estimate of drug-likeness (QED) is 0.197. The number of rotatable bonds is 8. The van der Waals surface area contributed by atoms with E-state index in [0.717, 1.165) is 30.4 Å². The number of carbonyl (C=O) groups excluding carboxylic acids is 1. The van der Waals surface area contributed by atoms with Gasteiger partial charge in [0.25, 0.3) is 0 Å². The summed E-state index contributed by atoms with van der Waals surface area (Å²) >= 11 is 6.21. The van der Waals surface area contributed by atoms with Gasteiger partial charge in [-0.2, -0.15) is 5.26 Å². The summed E-state index contributed by atoms with van der Waals surface area (Å²) in [7, 11) is 0. The van der Waals surface area contributed by atoms with Gasteiger partial charge in [0, 0.05) is 5.38 Å². The molecule has 2 unspecified atom stereocenters. The molecule has 30 heavy (non-hydrogen) atoms. The van der Waals surface area contributed by atoms with Crippen molar-refractivity contribution < 1.29 is 9.53 Å². The molecule has 0 heterocycles. The summed E-state index contributed by atoms with van der Waals surface area (Å²) < 4.78 is 5.55. The van der Waals surface area contributed by atoms with Crippen LogP contribution in [0.5, 0.6) is 5.75 Å². The van der Waals surface area contributed by atoms with Gasteiger partial charge in [-0.1, -0.05) is 62.6 Å². The first-order valence-corrected chi connectivity index (χ1v) is 11.5. The van der Waals surface area contributed by atoms with Crippen LogP contribution >= 0.6 is 11.6 Å². The maximum atomic E-state index is 12.7. The number of hydrogen-bond acceptors (Lipinski definition) is 3. The van der Waals surface area contributed by atoms with E-state index in [2.05, 4.69) is 37.3 Å². The standard InChI is InChI=1S/C26H30ClNO2/c1-2-3-4-5-7-20-9-11-21(12-10-20)22-13-15-24(16-14-22)30-25(29)26(19-28)17-6-8-23(27)18-26/h9-16,23H,2-8,17-18H2,1H3. The van der Waals surface area contributed by atoms with Gasteiger partial charge in [-0.3, -0.25) is 0 Å². The summed E-state index contributed by atoms with van der Waals surface area (Å²) in [6.45, 7) is 2.23. The van der Waals surface area contributed by atoms with Crippen LogP contribution in [-0.4, -0.2) is 11.3 Å². The summed E-state index contributed by atoms with van der Waals surface area (Å²) in [6, 6.07) is 18.3. The number of ether oxygens (including phenoxy) is 1. The molecule has 1 aliphatic rings. The zero-order valence-corrected chi connectivity index (χ0v) is 18.5. The molecule has 3 rings (SSSR count). The van der Waals surface area contributed by atoms with Crippen LogP contribution in [0.1, 0.15) is 63.9 Å². The Morgan fingerprint density at radius 2 is 1.77 bits per heavy atom. The molecule has 0 amide bonds. The first-order chi connectivity index (χ1) is 14.6. The highest BCUT2D eigenvalue weighted by Crippen LogP contribution is 2.39. The Hall–Kier alpha value is -2.31. The van der Waals surface area contributed by atoms with Gasteiger partial charge in [0.1, 0.15) is 5.75 Å². The lowest BCUT2D eigenvalue weighted by molar-refractivity contribution is -0.144. The van der Waals surface area contributed by atoms with Crippen LogP contribution in [0.2, 0.25) is 0 Å². The molecule has 1 fully saturated rings. The molecule has 2 aromatic rings. The number of aryl methyl sites for hydroxylation is 1. The molecule has 0 aliphatic heterocycles. The van der Waals surface area contributed by atoms with Gasteiger partial charge in [-0.05, 0) is 67.3 Å². The highest BCUT2D eigenvalue weighted by Gasteiger charge is 2.44. The number of nitriles is 1. The van der Waals surface area contributed by atoms with Crippen LogP contribution in [0, 0.1) is 16.7 Å². The number of hydrogen-bond donors (Lipinski definition) is 0. The van der Waals surface area contributed by atoms with E-state index in [9.17, 15) is 10.1 Å². The smallest absolute Gasteiger partial charge is 0.331 e. The molecule has 2 aromatic carbocycles. The molecule has 3 nitrogen and oxygen atoms in total. The number of carbonyl (C=O) groups is 1. The first-order valence-electron chi connectivity index (χ1n) is 11.0. The molecule has 1 saturated carbocycles. The second-order valence-corrected chi connectivity index (χ2v) is 8.93. The van der Waals surface area contributed by atoms with Crippen LogP contribution in [0.3, 0.4) is 0 Å². The zero-order valence-electron chi connectivity index (χ0n) is 17.7. The minimum Gasteiger partial charge on any atom is -0.425 e. The summed E-state index contributed by atoms with van der Waals surface area (Å²) in [4.78, 5) is 12.7. The summed E-state index contributed by atoms with van der Waals surface area (Å²) in [5.74, 6) is -0.0295. The third-order valence-corrected chi connectivity index (χ3v) is 6.34. The fraction of sp³-hybridized carbons (Fsp3) is 0.462. The van der Waals surface area contributed by atoms with Crippen molar-refractivity contribution in [3.05, 3.63) is 54.1 Å². The van der Waals surface area contributed by atoms with Gasteiger partial charge in [0.2, 0.25) is 0 Å². The monoisotopic (exact) mass is 423 g/mol. The molecule has 0 aromatic heterocycles. The van der Waals surface area contributed by atoms with E-state index in [-0.39, 0.29) is 5.38 Å². The van der Waals surface area contributed by atoms with Crippen molar-refractivity contribution in [2.24, 2.45) is 5.41 Å².